The summed E-state index contributed by atoms with van der Waals surface area (Å²) < 4.78 is 19.5. The first kappa shape index (κ1) is 24.7. The highest BCUT2D eigenvalue weighted by Gasteiger charge is 2.39. The molecule has 1 aliphatic carbocycles. The Hall–Kier alpha value is -1.61. The summed E-state index contributed by atoms with van der Waals surface area (Å²) in [5.41, 5.74) is 8.61. The molecule has 0 aromatic heterocycles. The molecule has 1 heterocycles. The maximum Gasteiger partial charge on any atom is 0.115 e. The van der Waals surface area contributed by atoms with E-state index in [1.165, 1.54) is 0 Å². The summed E-state index contributed by atoms with van der Waals surface area (Å²) in [6, 6.07) is 0. The van der Waals surface area contributed by atoms with Gasteiger partial charge in [-0.2, -0.15) is 0 Å². The number of hydrogen-bond donors (Lipinski definition) is 1. The van der Waals surface area contributed by atoms with Gasteiger partial charge in [-0.1, -0.05) is 6.58 Å². The van der Waals surface area contributed by atoms with Crippen LogP contribution in [-0.4, -0.2) is 70.0 Å². The molecule has 168 valence electrons. The first-order valence-corrected chi connectivity index (χ1v) is 12.0. The molecule has 1 saturated heterocycles. The van der Waals surface area contributed by atoms with Gasteiger partial charge < -0.3 is 15.0 Å². The number of piperazine rings is 1. The first-order valence-electron chi connectivity index (χ1n) is 10.5. The second-order valence-corrected chi connectivity index (χ2v) is 9.67. The molecule has 0 amide bonds. The lowest BCUT2D eigenvalue weighted by Crippen LogP contribution is -2.50. The smallest absolute Gasteiger partial charge is 0.115 e. The van der Waals surface area contributed by atoms with Gasteiger partial charge in [-0.15, -0.1) is 4.31 Å². The van der Waals surface area contributed by atoms with Crippen molar-refractivity contribution >= 4 is 23.4 Å². The molecule has 2 fully saturated rings. The fourth-order valence-corrected chi connectivity index (χ4v) is 3.92. The quantitative estimate of drug-likeness (QED) is 0.187. The Kier molecular flexibility index (Phi) is 9.15. The van der Waals surface area contributed by atoms with Crippen molar-refractivity contribution in [2.45, 2.75) is 58.7 Å². The lowest BCUT2D eigenvalue weighted by molar-refractivity contribution is 0.112. The molecular formula is C22H37N5O2S. The average Bonchev–Trinajstić information content (AvgIpc) is 3.42. The number of rotatable bonds is 10. The molecule has 2 atom stereocenters. The van der Waals surface area contributed by atoms with Crippen LogP contribution in [0.25, 0.3) is 0 Å². The van der Waals surface area contributed by atoms with Crippen LogP contribution in [0.2, 0.25) is 0 Å². The molecule has 2 aliphatic rings. The van der Waals surface area contributed by atoms with E-state index in [1.807, 2.05) is 24.2 Å². The van der Waals surface area contributed by atoms with Gasteiger partial charge in [0.1, 0.15) is 24.4 Å². The minimum Gasteiger partial charge on any atom is -0.598 e. The second-order valence-electron chi connectivity index (χ2n) is 8.30. The predicted molar refractivity (Wildman–Crippen MR) is 127 cm³/mol. The molecule has 0 radical (unpaired) electrons. The van der Waals surface area contributed by atoms with Crippen LogP contribution in [0.3, 0.4) is 0 Å². The van der Waals surface area contributed by atoms with Crippen molar-refractivity contribution in [1.29, 1.82) is 0 Å². The lowest BCUT2D eigenvalue weighted by atomic mass is 10.1. The maximum absolute atomic E-state index is 11.6. The third-order valence-electron chi connectivity index (χ3n) is 5.52. The Balaban J connectivity index is 1.94. The van der Waals surface area contributed by atoms with Crippen LogP contribution in [0.4, 0.5) is 0 Å². The fourth-order valence-electron chi connectivity index (χ4n) is 3.24. The molecule has 0 spiro atoms. The van der Waals surface area contributed by atoms with Crippen molar-refractivity contribution in [1.82, 2.24) is 9.21 Å². The molecule has 0 aromatic rings. The Labute approximate surface area is 184 Å². The van der Waals surface area contributed by atoms with E-state index in [0.717, 1.165) is 61.8 Å². The standard InChI is InChI=1S/C22H37N5O2S/c1-7-21(15-20(18(3)23)14-17(2)29-22(5)8-9-22)25-16-24-19(4)26-10-12-27(13-11-26)30(6)28/h7,14,16,19H,1,8-13,15,23H2,2-6H3/b17-14+,20-18-,24-16?,25-21?. The summed E-state index contributed by atoms with van der Waals surface area (Å²) >= 11 is -0.903. The zero-order chi connectivity index (χ0) is 22.3. The van der Waals surface area contributed by atoms with Crippen molar-refractivity contribution in [3.63, 3.8) is 0 Å². The Morgan fingerprint density at radius 2 is 1.93 bits per heavy atom. The van der Waals surface area contributed by atoms with Gasteiger partial charge in [0.2, 0.25) is 0 Å². The number of allylic oxidation sites excluding steroid dienone is 5. The van der Waals surface area contributed by atoms with Crippen molar-refractivity contribution in [2.24, 2.45) is 15.7 Å². The van der Waals surface area contributed by atoms with Crippen LogP contribution < -0.4 is 5.73 Å². The fraction of sp³-hybridized carbons (Fsp3) is 0.636. The third-order valence-corrected chi connectivity index (χ3v) is 6.62. The molecule has 0 aromatic carbocycles. The first-order chi connectivity index (χ1) is 14.1. The minimum absolute atomic E-state index is 0.00992. The largest absolute Gasteiger partial charge is 0.598 e. The minimum atomic E-state index is -0.903. The van der Waals surface area contributed by atoms with Crippen molar-refractivity contribution in [2.75, 3.05) is 32.4 Å². The van der Waals surface area contributed by atoms with Gasteiger partial charge in [-0.3, -0.25) is 9.89 Å². The highest BCUT2D eigenvalue weighted by Crippen LogP contribution is 2.40. The van der Waals surface area contributed by atoms with Crippen LogP contribution in [0.15, 0.2) is 45.7 Å². The SMILES string of the molecule is C=CC(CC(/C=C(\C)OC1(C)CC1)=C(/C)N)=NC=NC(C)N1CCN([S+](C)[O-])CC1. The van der Waals surface area contributed by atoms with E-state index in [2.05, 4.69) is 35.3 Å². The molecule has 7 nitrogen and oxygen atoms in total. The van der Waals surface area contributed by atoms with Crippen LogP contribution in [0, 0.1) is 0 Å². The van der Waals surface area contributed by atoms with Crippen molar-refractivity contribution in [3.8, 4) is 0 Å². The van der Waals surface area contributed by atoms with Crippen LogP contribution >= 0.6 is 0 Å². The summed E-state index contributed by atoms with van der Waals surface area (Å²) in [6.07, 6.45) is 9.85. The zero-order valence-corrected chi connectivity index (χ0v) is 19.9. The number of ether oxygens (including phenoxy) is 1. The third kappa shape index (κ3) is 7.91. The van der Waals surface area contributed by atoms with Gasteiger partial charge in [-0.25, -0.2) is 4.99 Å². The predicted octanol–water partition coefficient (Wildman–Crippen LogP) is 2.99. The number of hydrogen-bond acceptors (Lipinski definition) is 6. The van der Waals surface area contributed by atoms with Gasteiger partial charge in [-0.05, 0) is 58.3 Å². The van der Waals surface area contributed by atoms with E-state index in [0.29, 0.717) is 6.42 Å². The summed E-state index contributed by atoms with van der Waals surface area (Å²) in [6.45, 7) is 15.2. The molecule has 2 rings (SSSR count). The summed E-state index contributed by atoms with van der Waals surface area (Å²) in [5.74, 6) is 0.868. The average molecular weight is 436 g/mol. The zero-order valence-electron chi connectivity index (χ0n) is 19.1. The van der Waals surface area contributed by atoms with Crippen LogP contribution in [-0.2, 0) is 16.1 Å². The van der Waals surface area contributed by atoms with Gasteiger partial charge in [0, 0.05) is 42.3 Å². The van der Waals surface area contributed by atoms with E-state index in [1.54, 1.807) is 18.7 Å². The molecule has 30 heavy (non-hydrogen) atoms. The summed E-state index contributed by atoms with van der Waals surface area (Å²) in [7, 11) is 0. The molecular weight excluding hydrogens is 398 g/mol. The van der Waals surface area contributed by atoms with Crippen molar-refractivity contribution < 1.29 is 9.29 Å². The molecule has 2 unspecified atom stereocenters. The van der Waals surface area contributed by atoms with E-state index < -0.39 is 11.4 Å². The van der Waals surface area contributed by atoms with Gasteiger partial charge in [0.05, 0.1) is 18.8 Å². The summed E-state index contributed by atoms with van der Waals surface area (Å²) in [5, 5.41) is 0. The highest BCUT2D eigenvalue weighted by atomic mass is 32.2. The van der Waals surface area contributed by atoms with Crippen LogP contribution in [0.1, 0.15) is 47.0 Å². The second kappa shape index (κ2) is 11.1. The normalized spacial score (nSPS) is 23.8. The molecule has 2 N–H and O–H groups in total. The van der Waals surface area contributed by atoms with E-state index >= 15 is 0 Å². The van der Waals surface area contributed by atoms with Gasteiger partial charge in [0.25, 0.3) is 0 Å². The van der Waals surface area contributed by atoms with Gasteiger partial charge in [0.15, 0.2) is 0 Å². The van der Waals surface area contributed by atoms with E-state index in [-0.39, 0.29) is 11.8 Å². The topological polar surface area (TPSA) is 89.5 Å². The van der Waals surface area contributed by atoms with Crippen molar-refractivity contribution in [3.05, 3.63) is 35.8 Å². The number of aliphatic imine (C=N–C) groups is 2. The van der Waals surface area contributed by atoms with E-state index in [9.17, 15) is 4.55 Å². The Morgan fingerprint density at radius 1 is 1.30 bits per heavy atom. The Morgan fingerprint density at radius 3 is 2.43 bits per heavy atom. The summed E-state index contributed by atoms with van der Waals surface area (Å²) in [4.78, 5) is 11.3. The highest BCUT2D eigenvalue weighted by molar-refractivity contribution is 7.88. The van der Waals surface area contributed by atoms with Gasteiger partial charge >= 0.3 is 0 Å². The molecule has 0 bridgehead atoms. The molecule has 1 saturated carbocycles. The van der Waals surface area contributed by atoms with E-state index in [4.69, 9.17) is 10.5 Å². The maximum atomic E-state index is 11.6. The molecule has 8 heteroatoms. The number of nitrogens with two attached hydrogens (primary N) is 1. The molecule has 1 aliphatic heterocycles. The number of nitrogens with zero attached hydrogens (tertiary/aromatic N) is 4. The monoisotopic (exact) mass is 435 g/mol. The Bertz CT molecular complexity index is 713. The lowest BCUT2D eigenvalue weighted by Gasteiger charge is -2.35. The van der Waals surface area contributed by atoms with Crippen LogP contribution in [0.5, 0.6) is 0 Å².